The van der Waals surface area contributed by atoms with Crippen LogP contribution in [0.4, 0.5) is 0 Å². The number of rotatable bonds is 4. The fourth-order valence-electron chi connectivity index (χ4n) is 2.54. The van der Waals surface area contributed by atoms with Crippen LogP contribution in [0.3, 0.4) is 0 Å². The minimum atomic E-state index is 0.242. The van der Waals surface area contributed by atoms with E-state index < -0.39 is 0 Å². The summed E-state index contributed by atoms with van der Waals surface area (Å²) in [4.78, 5) is 10.9. The Bertz CT molecular complexity index is 554. The topological polar surface area (TPSA) is 81.1 Å². The molecule has 2 aromatic rings. The number of aromatic nitrogens is 3. The van der Waals surface area contributed by atoms with Crippen molar-refractivity contribution in [1.29, 1.82) is 0 Å². The van der Waals surface area contributed by atoms with Crippen molar-refractivity contribution in [3.8, 4) is 11.5 Å². The third-order valence-corrected chi connectivity index (χ3v) is 3.77. The van der Waals surface area contributed by atoms with Gasteiger partial charge >= 0.3 is 0 Å². The van der Waals surface area contributed by atoms with Crippen LogP contribution in [0.25, 0.3) is 11.5 Å². The number of nitrogens with two attached hydrogens (primary N) is 1. The molecule has 3 heterocycles. The van der Waals surface area contributed by atoms with Gasteiger partial charge in [0.25, 0.3) is 0 Å². The Labute approximate surface area is 118 Å². The molecule has 0 amide bonds. The van der Waals surface area contributed by atoms with E-state index in [4.69, 9.17) is 10.3 Å². The second-order valence-electron chi connectivity index (χ2n) is 5.37. The van der Waals surface area contributed by atoms with E-state index >= 15 is 0 Å². The van der Waals surface area contributed by atoms with Crippen molar-refractivity contribution >= 4 is 0 Å². The average Bonchev–Trinajstić information content (AvgIpc) is 3.10. The number of pyridine rings is 1. The number of hydrogen-bond acceptors (Lipinski definition) is 6. The fourth-order valence-corrected chi connectivity index (χ4v) is 2.54. The van der Waals surface area contributed by atoms with Gasteiger partial charge < -0.3 is 10.3 Å². The summed E-state index contributed by atoms with van der Waals surface area (Å²) < 4.78 is 5.30. The van der Waals surface area contributed by atoms with Gasteiger partial charge in [0, 0.05) is 18.8 Å². The van der Waals surface area contributed by atoms with Gasteiger partial charge in [-0.05, 0) is 37.9 Å². The Hall–Kier alpha value is -1.79. The first-order valence-electron chi connectivity index (χ1n) is 6.94. The van der Waals surface area contributed by atoms with Gasteiger partial charge in [0.2, 0.25) is 11.7 Å². The van der Waals surface area contributed by atoms with E-state index in [-0.39, 0.29) is 6.04 Å². The highest BCUT2D eigenvalue weighted by Crippen LogP contribution is 2.21. The minimum Gasteiger partial charge on any atom is -0.337 e. The van der Waals surface area contributed by atoms with Gasteiger partial charge in [-0.2, -0.15) is 4.98 Å². The first-order valence-corrected chi connectivity index (χ1v) is 6.94. The molecule has 1 fully saturated rings. The maximum atomic E-state index is 5.95. The molecule has 2 aromatic heterocycles. The molecule has 3 rings (SSSR count). The largest absolute Gasteiger partial charge is 0.337 e. The Kier molecular flexibility index (Phi) is 3.75. The standard InChI is InChI=1S/C14H19N5O/c1-10(15)11-5-7-19(8-11)9-13-17-14(18-20-13)12-4-2-3-6-16-12/h2-4,6,10-11H,5,7-9,15H2,1H3. The number of nitrogens with zero attached hydrogens (tertiary/aromatic N) is 4. The zero-order valence-corrected chi connectivity index (χ0v) is 11.6. The highest BCUT2D eigenvalue weighted by Gasteiger charge is 2.26. The highest BCUT2D eigenvalue weighted by molar-refractivity contribution is 5.46. The van der Waals surface area contributed by atoms with Crippen molar-refractivity contribution in [2.75, 3.05) is 13.1 Å². The molecule has 2 unspecified atom stereocenters. The van der Waals surface area contributed by atoms with E-state index in [0.29, 0.717) is 24.2 Å². The molecule has 1 aliphatic rings. The molecule has 0 aliphatic carbocycles. The van der Waals surface area contributed by atoms with Crippen LogP contribution in [-0.4, -0.2) is 39.2 Å². The van der Waals surface area contributed by atoms with E-state index in [1.165, 1.54) is 0 Å². The van der Waals surface area contributed by atoms with Gasteiger partial charge in [-0.25, -0.2) is 0 Å². The monoisotopic (exact) mass is 273 g/mol. The van der Waals surface area contributed by atoms with E-state index in [1.807, 2.05) is 18.2 Å². The summed E-state index contributed by atoms with van der Waals surface area (Å²) in [6, 6.07) is 5.89. The summed E-state index contributed by atoms with van der Waals surface area (Å²) in [5.74, 6) is 1.74. The zero-order chi connectivity index (χ0) is 13.9. The van der Waals surface area contributed by atoms with Crippen LogP contribution in [0.5, 0.6) is 0 Å². The van der Waals surface area contributed by atoms with Crippen LogP contribution in [-0.2, 0) is 6.54 Å². The Balaban J connectivity index is 1.64. The second-order valence-corrected chi connectivity index (χ2v) is 5.37. The second kappa shape index (κ2) is 5.68. The van der Waals surface area contributed by atoms with E-state index in [2.05, 4.69) is 26.9 Å². The normalized spacial score (nSPS) is 21.2. The molecule has 20 heavy (non-hydrogen) atoms. The van der Waals surface area contributed by atoms with Crippen LogP contribution >= 0.6 is 0 Å². The van der Waals surface area contributed by atoms with Crippen LogP contribution in [0.1, 0.15) is 19.2 Å². The fraction of sp³-hybridized carbons (Fsp3) is 0.500. The molecular formula is C14H19N5O. The molecule has 2 N–H and O–H groups in total. The van der Waals surface area contributed by atoms with Crippen LogP contribution in [0, 0.1) is 5.92 Å². The lowest BCUT2D eigenvalue weighted by Gasteiger charge is -2.15. The summed E-state index contributed by atoms with van der Waals surface area (Å²) in [7, 11) is 0. The molecule has 2 atom stereocenters. The summed E-state index contributed by atoms with van der Waals surface area (Å²) in [5, 5.41) is 3.98. The van der Waals surface area contributed by atoms with Crippen molar-refractivity contribution in [2.24, 2.45) is 11.7 Å². The van der Waals surface area contributed by atoms with E-state index in [9.17, 15) is 0 Å². The first kappa shape index (κ1) is 13.2. The Morgan fingerprint density at radius 2 is 2.40 bits per heavy atom. The average molecular weight is 273 g/mol. The lowest BCUT2D eigenvalue weighted by molar-refractivity contribution is 0.257. The lowest BCUT2D eigenvalue weighted by Crippen LogP contribution is -2.29. The smallest absolute Gasteiger partial charge is 0.241 e. The molecule has 6 nitrogen and oxygen atoms in total. The Morgan fingerprint density at radius 3 is 3.10 bits per heavy atom. The van der Waals surface area contributed by atoms with Crippen molar-refractivity contribution < 1.29 is 4.52 Å². The molecule has 0 saturated carbocycles. The first-order chi connectivity index (χ1) is 9.72. The summed E-state index contributed by atoms with van der Waals surface area (Å²) in [6.07, 6.45) is 2.86. The van der Waals surface area contributed by atoms with Gasteiger partial charge in [0.15, 0.2) is 0 Å². The summed E-state index contributed by atoms with van der Waals surface area (Å²) in [5.41, 5.74) is 6.68. The molecule has 1 saturated heterocycles. The maximum Gasteiger partial charge on any atom is 0.241 e. The quantitative estimate of drug-likeness (QED) is 0.904. The summed E-state index contributed by atoms with van der Waals surface area (Å²) >= 11 is 0. The molecule has 0 spiro atoms. The molecule has 0 aromatic carbocycles. The maximum absolute atomic E-state index is 5.95. The molecule has 6 heteroatoms. The molecule has 0 radical (unpaired) electrons. The molecule has 0 bridgehead atoms. The molecule has 1 aliphatic heterocycles. The van der Waals surface area contributed by atoms with Crippen molar-refractivity contribution in [1.82, 2.24) is 20.0 Å². The predicted molar refractivity (Wildman–Crippen MR) is 74.6 cm³/mol. The third-order valence-electron chi connectivity index (χ3n) is 3.77. The summed E-state index contributed by atoms with van der Waals surface area (Å²) in [6.45, 7) is 4.79. The van der Waals surface area contributed by atoms with Crippen LogP contribution in [0.15, 0.2) is 28.9 Å². The number of hydrogen-bond donors (Lipinski definition) is 1. The van der Waals surface area contributed by atoms with E-state index in [1.54, 1.807) is 6.20 Å². The van der Waals surface area contributed by atoms with Crippen LogP contribution < -0.4 is 5.73 Å². The number of likely N-dealkylation sites (tertiary alicyclic amines) is 1. The third kappa shape index (κ3) is 2.86. The van der Waals surface area contributed by atoms with Gasteiger partial charge in [-0.3, -0.25) is 9.88 Å². The Morgan fingerprint density at radius 1 is 1.50 bits per heavy atom. The minimum absolute atomic E-state index is 0.242. The highest BCUT2D eigenvalue weighted by atomic mass is 16.5. The molecule has 106 valence electrons. The van der Waals surface area contributed by atoms with Crippen molar-refractivity contribution in [3.05, 3.63) is 30.3 Å². The van der Waals surface area contributed by atoms with Gasteiger partial charge in [0.1, 0.15) is 5.69 Å². The van der Waals surface area contributed by atoms with Gasteiger partial charge in [0.05, 0.1) is 6.54 Å². The van der Waals surface area contributed by atoms with E-state index in [0.717, 1.165) is 25.2 Å². The van der Waals surface area contributed by atoms with Crippen LogP contribution in [0.2, 0.25) is 0 Å². The van der Waals surface area contributed by atoms with Gasteiger partial charge in [-0.15, -0.1) is 0 Å². The van der Waals surface area contributed by atoms with Gasteiger partial charge in [-0.1, -0.05) is 11.2 Å². The molecular weight excluding hydrogens is 254 g/mol. The lowest BCUT2D eigenvalue weighted by atomic mass is 10.0. The SMILES string of the molecule is CC(N)C1CCN(Cc2nc(-c3ccccn3)no2)C1. The predicted octanol–water partition coefficient (Wildman–Crippen LogP) is 1.30. The van der Waals surface area contributed by atoms with Crippen molar-refractivity contribution in [3.63, 3.8) is 0 Å². The zero-order valence-electron chi connectivity index (χ0n) is 11.6. The van der Waals surface area contributed by atoms with Crippen molar-refractivity contribution in [2.45, 2.75) is 25.9 Å².